The maximum Gasteiger partial charge on any atom is 0.283 e. The first-order chi connectivity index (χ1) is 15.8. The minimum absolute atomic E-state index is 0.101. The van der Waals surface area contributed by atoms with Crippen molar-refractivity contribution in [3.63, 3.8) is 0 Å². The molecule has 1 fully saturated rings. The van der Waals surface area contributed by atoms with Gasteiger partial charge in [0.1, 0.15) is 16.5 Å². The van der Waals surface area contributed by atoms with E-state index in [1.54, 1.807) is 25.1 Å². The minimum Gasteiger partial charge on any atom is -0.349 e. The maximum atomic E-state index is 13.5. The van der Waals surface area contributed by atoms with Crippen LogP contribution in [-0.2, 0) is 9.59 Å². The molecule has 172 valence electrons. The Kier molecular flexibility index (Phi) is 6.72. The molecule has 1 heterocycles. The third-order valence-electron chi connectivity index (χ3n) is 5.89. The first-order valence-electron chi connectivity index (χ1n) is 10.7. The Morgan fingerprint density at radius 1 is 1.03 bits per heavy atom. The van der Waals surface area contributed by atoms with Gasteiger partial charge in [0.2, 0.25) is 0 Å². The van der Waals surface area contributed by atoms with E-state index in [0.717, 1.165) is 42.2 Å². The molecule has 33 heavy (non-hydrogen) atoms. The van der Waals surface area contributed by atoms with Gasteiger partial charge in [-0.25, -0.2) is 9.29 Å². The van der Waals surface area contributed by atoms with Gasteiger partial charge in [0, 0.05) is 17.3 Å². The van der Waals surface area contributed by atoms with Crippen LogP contribution in [0.4, 0.5) is 15.8 Å². The molecule has 2 aromatic rings. The molecule has 2 N–H and O–H groups in total. The summed E-state index contributed by atoms with van der Waals surface area (Å²) >= 11 is 12.0. The van der Waals surface area contributed by atoms with Crippen molar-refractivity contribution in [1.29, 1.82) is 0 Å². The summed E-state index contributed by atoms with van der Waals surface area (Å²) in [6.07, 6.45) is 5.32. The fourth-order valence-corrected chi connectivity index (χ4v) is 4.41. The minimum atomic E-state index is -0.754. The first-order valence-corrected chi connectivity index (χ1v) is 11.4. The maximum absolute atomic E-state index is 13.5. The molecule has 0 bridgehead atoms. The average molecular weight is 490 g/mol. The summed E-state index contributed by atoms with van der Waals surface area (Å²) in [5.74, 6) is -2.32. The summed E-state index contributed by atoms with van der Waals surface area (Å²) in [4.78, 5) is 39.2. The van der Waals surface area contributed by atoms with Gasteiger partial charge in [-0.15, -0.1) is 0 Å². The molecule has 0 radical (unpaired) electrons. The fourth-order valence-electron chi connectivity index (χ4n) is 4.02. The number of nitrogens with one attached hydrogen (secondary N) is 2. The third-order valence-corrected chi connectivity index (χ3v) is 6.53. The highest BCUT2D eigenvalue weighted by atomic mass is 35.5. The second-order valence-electron chi connectivity index (χ2n) is 8.20. The molecule has 2 aromatic carbocycles. The van der Waals surface area contributed by atoms with Crippen molar-refractivity contribution in [1.82, 2.24) is 5.32 Å². The normalized spacial score (nSPS) is 17.0. The highest BCUT2D eigenvalue weighted by Gasteiger charge is 2.39. The summed E-state index contributed by atoms with van der Waals surface area (Å²) in [7, 11) is 0. The third kappa shape index (κ3) is 4.75. The smallest absolute Gasteiger partial charge is 0.283 e. The van der Waals surface area contributed by atoms with Gasteiger partial charge in [0.25, 0.3) is 17.7 Å². The molecule has 1 aliphatic heterocycles. The molecule has 0 unspecified atom stereocenters. The molecule has 3 amide bonds. The summed E-state index contributed by atoms with van der Waals surface area (Å²) in [5, 5.41) is 5.44. The summed E-state index contributed by atoms with van der Waals surface area (Å²) < 4.78 is 13.5. The number of anilines is 2. The number of imide groups is 1. The van der Waals surface area contributed by atoms with Gasteiger partial charge in [0.05, 0.1) is 10.7 Å². The Morgan fingerprint density at radius 2 is 1.76 bits per heavy atom. The van der Waals surface area contributed by atoms with Gasteiger partial charge in [-0.1, -0.05) is 48.5 Å². The van der Waals surface area contributed by atoms with Gasteiger partial charge in [-0.2, -0.15) is 0 Å². The van der Waals surface area contributed by atoms with Crippen molar-refractivity contribution >= 4 is 52.3 Å². The number of hydrogen-bond acceptors (Lipinski definition) is 4. The number of carbonyl (C=O) groups is 3. The fraction of sp³-hybridized carbons (Fsp3) is 0.292. The molecule has 2 aliphatic rings. The number of rotatable bonds is 5. The van der Waals surface area contributed by atoms with Crippen LogP contribution in [-0.4, -0.2) is 23.8 Å². The molecular formula is C24H22Cl2FN3O3. The Morgan fingerprint density at radius 3 is 2.45 bits per heavy atom. The standard InChI is InChI=1S/C24H22Cl2FN3O3/c1-13-7-8-14(22(31)28-15-5-3-2-4-6-15)11-19(13)29-21-20(26)23(32)30(24(21)33)16-9-10-18(27)17(25)12-16/h7-12,15,29H,2-6H2,1H3,(H,28,31). The van der Waals surface area contributed by atoms with Crippen LogP contribution in [0.5, 0.6) is 0 Å². The summed E-state index contributed by atoms with van der Waals surface area (Å²) in [6.45, 7) is 1.80. The molecule has 0 atom stereocenters. The monoisotopic (exact) mass is 489 g/mol. The molecule has 9 heteroatoms. The van der Waals surface area contributed by atoms with E-state index in [0.29, 0.717) is 11.3 Å². The lowest BCUT2D eigenvalue weighted by Gasteiger charge is -2.23. The zero-order valence-corrected chi connectivity index (χ0v) is 19.4. The van der Waals surface area contributed by atoms with E-state index in [1.165, 1.54) is 18.6 Å². The number of amides is 3. The molecule has 0 spiro atoms. The van der Waals surface area contributed by atoms with Crippen molar-refractivity contribution in [3.8, 4) is 0 Å². The van der Waals surface area contributed by atoms with Crippen LogP contribution >= 0.6 is 23.2 Å². The number of benzene rings is 2. The van der Waals surface area contributed by atoms with E-state index in [1.807, 2.05) is 0 Å². The molecule has 0 aromatic heterocycles. The molecule has 1 aliphatic carbocycles. The average Bonchev–Trinajstić information content (AvgIpc) is 3.01. The van der Waals surface area contributed by atoms with Crippen LogP contribution in [0, 0.1) is 12.7 Å². The SMILES string of the molecule is Cc1ccc(C(=O)NC2CCCCC2)cc1NC1=C(Cl)C(=O)N(c2ccc(F)c(Cl)c2)C1=O. The van der Waals surface area contributed by atoms with Crippen LogP contribution in [0.15, 0.2) is 47.1 Å². The first kappa shape index (κ1) is 23.3. The van der Waals surface area contributed by atoms with E-state index in [4.69, 9.17) is 23.2 Å². The second kappa shape index (κ2) is 9.53. The van der Waals surface area contributed by atoms with E-state index in [2.05, 4.69) is 10.6 Å². The van der Waals surface area contributed by atoms with E-state index in [9.17, 15) is 18.8 Å². The highest BCUT2D eigenvalue weighted by molar-refractivity contribution is 6.53. The number of carbonyl (C=O) groups excluding carboxylic acids is 3. The Hall–Kier alpha value is -2.90. The zero-order valence-electron chi connectivity index (χ0n) is 17.9. The molecule has 1 saturated carbocycles. The lowest BCUT2D eigenvalue weighted by atomic mass is 9.95. The number of aryl methyl sites for hydroxylation is 1. The van der Waals surface area contributed by atoms with Crippen molar-refractivity contribution in [2.24, 2.45) is 0 Å². The van der Waals surface area contributed by atoms with Crippen LogP contribution in [0.3, 0.4) is 0 Å². The van der Waals surface area contributed by atoms with E-state index >= 15 is 0 Å². The van der Waals surface area contributed by atoms with Gasteiger partial charge in [0.15, 0.2) is 0 Å². The second-order valence-corrected chi connectivity index (χ2v) is 8.98. The zero-order chi connectivity index (χ0) is 23.7. The van der Waals surface area contributed by atoms with Crippen molar-refractivity contribution in [2.75, 3.05) is 10.2 Å². The van der Waals surface area contributed by atoms with E-state index in [-0.39, 0.29) is 33.4 Å². The Bertz CT molecular complexity index is 1180. The van der Waals surface area contributed by atoms with Gasteiger partial charge < -0.3 is 10.6 Å². The van der Waals surface area contributed by atoms with Crippen molar-refractivity contribution in [2.45, 2.75) is 45.1 Å². The summed E-state index contributed by atoms with van der Waals surface area (Å²) in [5.41, 5.74) is 1.63. The van der Waals surface area contributed by atoms with Gasteiger partial charge in [-0.3, -0.25) is 14.4 Å². The lowest BCUT2D eigenvalue weighted by molar-refractivity contribution is -0.120. The molecule has 0 saturated heterocycles. The lowest BCUT2D eigenvalue weighted by Crippen LogP contribution is -2.36. The van der Waals surface area contributed by atoms with Gasteiger partial charge >= 0.3 is 0 Å². The quantitative estimate of drug-likeness (QED) is 0.559. The summed E-state index contributed by atoms with van der Waals surface area (Å²) in [6, 6.07) is 8.77. The number of hydrogen-bond donors (Lipinski definition) is 2. The Labute approximate surface area is 200 Å². The number of nitrogens with zero attached hydrogens (tertiary/aromatic N) is 1. The van der Waals surface area contributed by atoms with Gasteiger partial charge in [-0.05, 0) is 55.7 Å². The topological polar surface area (TPSA) is 78.5 Å². The van der Waals surface area contributed by atoms with Crippen molar-refractivity contribution < 1.29 is 18.8 Å². The van der Waals surface area contributed by atoms with Crippen LogP contribution in [0.1, 0.15) is 48.0 Å². The predicted octanol–water partition coefficient (Wildman–Crippen LogP) is 5.29. The van der Waals surface area contributed by atoms with Crippen molar-refractivity contribution in [3.05, 3.63) is 69.1 Å². The van der Waals surface area contributed by atoms with Crippen LogP contribution in [0.25, 0.3) is 0 Å². The molecule has 6 nitrogen and oxygen atoms in total. The molecule has 4 rings (SSSR count). The number of halogens is 3. The predicted molar refractivity (Wildman–Crippen MR) is 126 cm³/mol. The van der Waals surface area contributed by atoms with Crippen LogP contribution in [0.2, 0.25) is 5.02 Å². The van der Waals surface area contributed by atoms with E-state index < -0.39 is 17.6 Å². The molecular weight excluding hydrogens is 468 g/mol. The highest BCUT2D eigenvalue weighted by Crippen LogP contribution is 2.33. The largest absolute Gasteiger partial charge is 0.349 e. The Balaban J connectivity index is 1.56. The van der Waals surface area contributed by atoms with Crippen LogP contribution < -0.4 is 15.5 Å².